The molecule has 2 aromatic rings. The zero-order chi connectivity index (χ0) is 24.9. The first-order valence-corrected chi connectivity index (χ1v) is 10.6. The third kappa shape index (κ3) is 4.50. The average molecular weight is 505 g/mol. The molecule has 4 rings (SSSR count). The van der Waals surface area contributed by atoms with Gasteiger partial charge in [-0.05, 0) is 19.4 Å². The second kappa shape index (κ2) is 8.32. The summed E-state index contributed by atoms with van der Waals surface area (Å²) in [4.78, 5) is 24.0. The van der Waals surface area contributed by atoms with Gasteiger partial charge in [0, 0.05) is 23.2 Å². The van der Waals surface area contributed by atoms with E-state index in [1.54, 1.807) is 0 Å². The smallest absolute Gasteiger partial charge is 0.422 e. The maximum Gasteiger partial charge on any atom is 0.422 e. The van der Waals surface area contributed by atoms with Gasteiger partial charge in [-0.15, -0.1) is 0 Å². The van der Waals surface area contributed by atoms with E-state index in [0.29, 0.717) is 6.42 Å². The van der Waals surface area contributed by atoms with E-state index in [9.17, 15) is 31.1 Å². The Labute approximate surface area is 193 Å². The molecule has 3 atom stereocenters. The number of halogens is 6. The van der Waals surface area contributed by atoms with Crippen molar-refractivity contribution in [3.8, 4) is 5.88 Å². The van der Waals surface area contributed by atoms with Crippen molar-refractivity contribution in [3.05, 3.63) is 47.4 Å². The molecule has 1 amide bonds. The highest BCUT2D eigenvalue weighted by Gasteiger charge is 2.66. The van der Waals surface area contributed by atoms with Crippen LogP contribution in [0.3, 0.4) is 0 Å². The predicted molar refractivity (Wildman–Crippen MR) is 111 cm³/mol. The Morgan fingerprint density at radius 2 is 2.03 bits per heavy atom. The number of thioether (sulfide) groups is 1. The molecule has 3 N–H and O–H groups in total. The maximum absolute atomic E-state index is 14.8. The molecular formula is C20H17F6N5O2S. The molecule has 2 heterocycles. The van der Waals surface area contributed by atoms with Gasteiger partial charge < -0.3 is 15.8 Å². The number of amides is 1. The molecule has 7 nitrogen and oxygen atoms in total. The molecular weight excluding hydrogens is 488 g/mol. The first-order valence-electron chi connectivity index (χ1n) is 9.80. The molecule has 0 spiro atoms. The van der Waals surface area contributed by atoms with E-state index in [1.165, 1.54) is 13.0 Å². The molecule has 1 fully saturated rings. The van der Waals surface area contributed by atoms with Crippen LogP contribution in [0.15, 0.2) is 29.5 Å². The zero-order valence-electron chi connectivity index (χ0n) is 17.4. The fourth-order valence-electron chi connectivity index (χ4n) is 3.96. The van der Waals surface area contributed by atoms with Crippen LogP contribution >= 0.6 is 11.8 Å². The van der Waals surface area contributed by atoms with E-state index < -0.39 is 59.1 Å². The number of carbonyl (C=O) groups excluding carboxylic acids is 1. The van der Waals surface area contributed by atoms with Crippen LogP contribution in [0.1, 0.15) is 29.4 Å². The van der Waals surface area contributed by atoms with Crippen molar-refractivity contribution >= 4 is 28.5 Å². The maximum atomic E-state index is 14.8. The van der Waals surface area contributed by atoms with E-state index in [0.717, 1.165) is 30.2 Å². The Balaban J connectivity index is 1.56. The number of benzene rings is 1. The Hall–Kier alpha value is -3.03. The molecule has 0 saturated heterocycles. The summed E-state index contributed by atoms with van der Waals surface area (Å²) in [6.07, 6.45) is -2.52. The van der Waals surface area contributed by atoms with Gasteiger partial charge in [-0.25, -0.2) is 23.1 Å². The summed E-state index contributed by atoms with van der Waals surface area (Å²) in [5.74, 6) is -4.24. The van der Waals surface area contributed by atoms with Crippen molar-refractivity contribution in [3.63, 3.8) is 0 Å². The molecule has 1 aromatic carbocycles. The predicted octanol–water partition coefficient (Wildman–Crippen LogP) is 3.95. The lowest BCUT2D eigenvalue weighted by Crippen LogP contribution is -2.37. The van der Waals surface area contributed by atoms with Crippen LogP contribution in [0.25, 0.3) is 0 Å². The number of anilines is 1. The second-order valence-corrected chi connectivity index (χ2v) is 9.51. The highest BCUT2D eigenvalue weighted by molar-refractivity contribution is 8.15. The number of alkyl halides is 4. The fourth-order valence-corrected chi connectivity index (χ4v) is 5.29. The quantitative estimate of drug-likeness (QED) is 0.577. The average Bonchev–Trinajstić information content (AvgIpc) is 3.50. The molecule has 1 aromatic heterocycles. The van der Waals surface area contributed by atoms with Crippen molar-refractivity contribution in [2.24, 2.45) is 16.6 Å². The lowest BCUT2D eigenvalue weighted by molar-refractivity contribution is -0.154. The normalized spacial score (nSPS) is 25.9. The van der Waals surface area contributed by atoms with E-state index >= 15 is 0 Å². The Morgan fingerprint density at radius 3 is 2.65 bits per heavy atom. The number of rotatable bonds is 6. The van der Waals surface area contributed by atoms with Crippen LogP contribution in [-0.4, -0.2) is 45.2 Å². The van der Waals surface area contributed by atoms with E-state index in [-0.39, 0.29) is 22.1 Å². The van der Waals surface area contributed by atoms with Crippen molar-refractivity contribution in [2.75, 3.05) is 18.6 Å². The van der Waals surface area contributed by atoms with Crippen LogP contribution in [0.4, 0.5) is 32.0 Å². The molecule has 0 bridgehead atoms. The van der Waals surface area contributed by atoms with Crippen LogP contribution in [-0.2, 0) is 5.54 Å². The van der Waals surface area contributed by atoms with Crippen LogP contribution in [0, 0.1) is 17.6 Å². The number of ether oxygens (including phenoxy) is 1. The third-order valence-corrected chi connectivity index (χ3v) is 6.92. The van der Waals surface area contributed by atoms with Crippen LogP contribution < -0.4 is 15.8 Å². The summed E-state index contributed by atoms with van der Waals surface area (Å²) in [6, 6.07) is 1.92. The minimum absolute atomic E-state index is 0.0475. The largest absolute Gasteiger partial charge is 0.467 e. The highest BCUT2D eigenvalue weighted by atomic mass is 32.2. The first-order chi connectivity index (χ1) is 15.9. The van der Waals surface area contributed by atoms with Gasteiger partial charge in [0.25, 0.3) is 5.91 Å². The number of carbonyl (C=O) groups is 1. The van der Waals surface area contributed by atoms with Gasteiger partial charge in [-0.1, -0.05) is 11.8 Å². The summed E-state index contributed by atoms with van der Waals surface area (Å²) < 4.78 is 83.1. The number of aromatic nitrogens is 2. The Bertz CT molecular complexity index is 1160. The lowest BCUT2D eigenvalue weighted by Gasteiger charge is -2.33. The summed E-state index contributed by atoms with van der Waals surface area (Å²) >= 11 is 1.07. The Morgan fingerprint density at radius 1 is 1.29 bits per heavy atom. The van der Waals surface area contributed by atoms with Gasteiger partial charge in [0.05, 0.1) is 22.7 Å². The van der Waals surface area contributed by atoms with Crippen molar-refractivity contribution in [1.29, 1.82) is 0 Å². The number of fused-ring (bicyclic) bond motifs is 1. The molecule has 1 saturated carbocycles. The molecule has 2 aliphatic rings. The summed E-state index contributed by atoms with van der Waals surface area (Å²) in [7, 11) is 0. The topological polar surface area (TPSA) is 102 Å². The van der Waals surface area contributed by atoms with Gasteiger partial charge in [0.2, 0.25) is 5.88 Å². The number of nitrogens with two attached hydrogens (primary N) is 1. The van der Waals surface area contributed by atoms with E-state index in [2.05, 4.69) is 25.0 Å². The SMILES string of the molecule is C[C@]1(c2cc(NC(=O)c3cnc(OCC(F)(F)F)cn3)cc(F)c2F)N=C(N)S[C@@]2(CF)CC21. The summed E-state index contributed by atoms with van der Waals surface area (Å²) in [5.41, 5.74) is 3.83. The zero-order valence-corrected chi connectivity index (χ0v) is 18.2. The van der Waals surface area contributed by atoms with Crippen molar-refractivity contribution in [2.45, 2.75) is 29.8 Å². The molecule has 182 valence electrons. The highest BCUT2D eigenvalue weighted by Crippen LogP contribution is 2.66. The third-order valence-electron chi connectivity index (χ3n) is 5.66. The van der Waals surface area contributed by atoms with Gasteiger partial charge in [-0.2, -0.15) is 13.2 Å². The van der Waals surface area contributed by atoms with Crippen molar-refractivity contribution in [1.82, 2.24) is 9.97 Å². The van der Waals surface area contributed by atoms with Crippen LogP contribution in [0.2, 0.25) is 0 Å². The lowest BCUT2D eigenvalue weighted by atomic mass is 9.85. The van der Waals surface area contributed by atoms with Gasteiger partial charge >= 0.3 is 6.18 Å². The van der Waals surface area contributed by atoms with E-state index in [4.69, 9.17) is 5.73 Å². The van der Waals surface area contributed by atoms with Gasteiger partial charge in [0.1, 0.15) is 12.4 Å². The molecule has 34 heavy (non-hydrogen) atoms. The minimum Gasteiger partial charge on any atom is -0.467 e. The Kier molecular flexibility index (Phi) is 5.90. The molecule has 14 heteroatoms. The first kappa shape index (κ1) is 24.1. The number of aliphatic imine (C=N–C) groups is 1. The number of nitrogens with zero attached hydrogens (tertiary/aromatic N) is 3. The van der Waals surface area contributed by atoms with Gasteiger partial charge in [-0.3, -0.25) is 9.79 Å². The monoisotopic (exact) mass is 505 g/mol. The molecule has 1 aliphatic heterocycles. The number of hydrogen-bond acceptors (Lipinski definition) is 7. The molecule has 1 aliphatic carbocycles. The van der Waals surface area contributed by atoms with Crippen molar-refractivity contribution < 1.29 is 35.9 Å². The molecule has 0 radical (unpaired) electrons. The second-order valence-electron chi connectivity index (χ2n) is 8.07. The summed E-state index contributed by atoms with van der Waals surface area (Å²) in [5, 5.41) is 2.38. The standard InChI is InChI=1S/C20H17F6N5O2S/c1-18(13-4-19(13,7-21)34-17(27)31-18)10-2-9(3-11(22)15(10)23)30-16(32)12-5-29-14(6-28-12)33-8-20(24,25)26/h2-3,5-6,13H,4,7-8H2,1H3,(H2,27,31)(H,30,32)/t13?,18-,19-/m1/s1. The molecule has 1 unspecified atom stereocenters. The number of nitrogens with one attached hydrogen (secondary N) is 1. The number of amidine groups is 1. The summed E-state index contributed by atoms with van der Waals surface area (Å²) in [6.45, 7) is -0.772. The van der Waals surface area contributed by atoms with Gasteiger partial charge in [0.15, 0.2) is 23.4 Å². The fraction of sp³-hybridized carbons (Fsp3) is 0.400. The van der Waals surface area contributed by atoms with Crippen LogP contribution in [0.5, 0.6) is 5.88 Å². The number of hydrogen-bond donors (Lipinski definition) is 2. The van der Waals surface area contributed by atoms with E-state index in [1.807, 2.05) is 0 Å². The minimum atomic E-state index is -4.57.